The second kappa shape index (κ2) is 6.59. The third kappa shape index (κ3) is 3.16. The SMILES string of the molecule is O=C1CCC(N2CCC(Cc3c(Cl)cccc3Cl)C2=O)CC1. The van der Waals surface area contributed by atoms with Crippen LogP contribution in [0.15, 0.2) is 18.2 Å². The zero-order chi connectivity index (χ0) is 15.7. The molecular weight excluding hydrogens is 321 g/mol. The van der Waals surface area contributed by atoms with Crippen LogP contribution in [-0.4, -0.2) is 29.2 Å². The molecule has 2 aliphatic rings. The van der Waals surface area contributed by atoms with Crippen LogP contribution in [0, 0.1) is 5.92 Å². The summed E-state index contributed by atoms with van der Waals surface area (Å²) in [6, 6.07) is 5.67. The van der Waals surface area contributed by atoms with Gasteiger partial charge in [0.2, 0.25) is 5.91 Å². The molecule has 0 aromatic heterocycles. The third-order valence-corrected chi connectivity index (χ3v) is 5.52. The molecular formula is C17H19Cl2NO2. The van der Waals surface area contributed by atoms with Gasteiger partial charge in [0.15, 0.2) is 0 Å². The van der Waals surface area contributed by atoms with E-state index in [1.807, 2.05) is 23.1 Å². The Bertz CT molecular complexity index is 572. The Morgan fingerprint density at radius 1 is 1.05 bits per heavy atom. The molecule has 0 bridgehead atoms. The van der Waals surface area contributed by atoms with Crippen molar-refractivity contribution in [2.75, 3.05) is 6.54 Å². The normalized spacial score (nSPS) is 23.4. The van der Waals surface area contributed by atoms with Crippen LogP contribution in [0.2, 0.25) is 10.0 Å². The first-order valence-corrected chi connectivity index (χ1v) is 8.57. The van der Waals surface area contributed by atoms with E-state index in [2.05, 4.69) is 0 Å². The van der Waals surface area contributed by atoms with Crippen molar-refractivity contribution in [3.05, 3.63) is 33.8 Å². The van der Waals surface area contributed by atoms with Gasteiger partial charge in [-0.25, -0.2) is 0 Å². The van der Waals surface area contributed by atoms with Crippen LogP contribution in [-0.2, 0) is 16.0 Å². The molecule has 1 saturated heterocycles. The van der Waals surface area contributed by atoms with Crippen molar-refractivity contribution >= 4 is 34.9 Å². The highest BCUT2D eigenvalue weighted by Crippen LogP contribution is 2.33. The van der Waals surface area contributed by atoms with Crippen molar-refractivity contribution in [1.82, 2.24) is 4.90 Å². The van der Waals surface area contributed by atoms with Crippen LogP contribution in [0.1, 0.15) is 37.7 Å². The van der Waals surface area contributed by atoms with Gasteiger partial charge in [-0.2, -0.15) is 0 Å². The Kier molecular flexibility index (Phi) is 4.74. The van der Waals surface area contributed by atoms with E-state index in [1.165, 1.54) is 0 Å². The first-order chi connectivity index (χ1) is 10.6. The number of likely N-dealkylation sites (tertiary alicyclic amines) is 1. The average Bonchev–Trinajstić information content (AvgIpc) is 2.85. The summed E-state index contributed by atoms with van der Waals surface area (Å²) in [4.78, 5) is 26.0. The Morgan fingerprint density at radius 3 is 2.32 bits per heavy atom. The number of rotatable bonds is 3. The Morgan fingerprint density at radius 2 is 1.68 bits per heavy atom. The number of amides is 1. The number of hydrogen-bond donors (Lipinski definition) is 0. The molecule has 1 aromatic rings. The number of hydrogen-bond acceptors (Lipinski definition) is 2. The van der Waals surface area contributed by atoms with E-state index >= 15 is 0 Å². The van der Waals surface area contributed by atoms with E-state index < -0.39 is 0 Å². The summed E-state index contributed by atoms with van der Waals surface area (Å²) in [5.74, 6) is 0.465. The monoisotopic (exact) mass is 339 g/mol. The van der Waals surface area contributed by atoms with Crippen molar-refractivity contribution in [1.29, 1.82) is 0 Å². The number of halogens is 2. The number of carbonyl (C=O) groups excluding carboxylic acids is 2. The fraction of sp³-hybridized carbons (Fsp3) is 0.529. The second-order valence-electron chi connectivity index (χ2n) is 6.19. The van der Waals surface area contributed by atoms with Gasteiger partial charge in [0, 0.05) is 41.4 Å². The van der Waals surface area contributed by atoms with Crippen LogP contribution in [0.25, 0.3) is 0 Å². The number of nitrogens with zero attached hydrogens (tertiary/aromatic N) is 1. The maximum Gasteiger partial charge on any atom is 0.226 e. The summed E-state index contributed by atoms with van der Waals surface area (Å²) in [6.45, 7) is 0.782. The third-order valence-electron chi connectivity index (χ3n) is 4.82. The average molecular weight is 340 g/mol. The zero-order valence-electron chi connectivity index (χ0n) is 12.4. The highest BCUT2D eigenvalue weighted by molar-refractivity contribution is 6.36. The topological polar surface area (TPSA) is 37.4 Å². The quantitative estimate of drug-likeness (QED) is 0.837. The van der Waals surface area contributed by atoms with Gasteiger partial charge >= 0.3 is 0 Å². The molecule has 0 radical (unpaired) electrons. The highest BCUT2D eigenvalue weighted by Gasteiger charge is 2.37. The van der Waals surface area contributed by atoms with Crippen molar-refractivity contribution in [3.63, 3.8) is 0 Å². The van der Waals surface area contributed by atoms with Crippen LogP contribution in [0.4, 0.5) is 0 Å². The van der Waals surface area contributed by atoms with Crippen molar-refractivity contribution in [2.24, 2.45) is 5.92 Å². The number of ketones is 1. The molecule has 1 atom stereocenters. The molecule has 1 heterocycles. The predicted octanol–water partition coefficient (Wildman–Crippen LogP) is 3.90. The first-order valence-electron chi connectivity index (χ1n) is 7.81. The summed E-state index contributed by atoms with van der Waals surface area (Å²) in [6.07, 6.45) is 4.27. The second-order valence-corrected chi connectivity index (χ2v) is 7.01. The standard InChI is InChI=1S/C17H19Cl2NO2/c18-15-2-1-3-16(19)14(15)10-11-8-9-20(17(11)22)12-4-6-13(21)7-5-12/h1-3,11-12H,4-10H2. The van der Waals surface area contributed by atoms with Crippen LogP contribution in [0.3, 0.4) is 0 Å². The van der Waals surface area contributed by atoms with Crippen molar-refractivity contribution in [3.8, 4) is 0 Å². The molecule has 22 heavy (non-hydrogen) atoms. The lowest BCUT2D eigenvalue weighted by molar-refractivity contribution is -0.135. The maximum atomic E-state index is 12.7. The molecule has 0 N–H and O–H groups in total. The summed E-state index contributed by atoms with van der Waals surface area (Å²) in [5, 5.41) is 1.25. The Balaban J connectivity index is 1.67. The molecule has 118 valence electrons. The molecule has 1 aromatic carbocycles. The minimum Gasteiger partial charge on any atom is -0.339 e. The van der Waals surface area contributed by atoms with E-state index in [0.717, 1.165) is 31.4 Å². The lowest BCUT2D eigenvalue weighted by Crippen LogP contribution is -2.40. The molecule has 0 spiro atoms. The Hall–Kier alpha value is -1.06. The first kappa shape index (κ1) is 15.8. The molecule has 1 saturated carbocycles. The molecule has 2 fully saturated rings. The zero-order valence-corrected chi connectivity index (χ0v) is 13.9. The van der Waals surface area contributed by atoms with Crippen LogP contribution in [0.5, 0.6) is 0 Å². The van der Waals surface area contributed by atoms with Gasteiger partial charge in [-0.3, -0.25) is 9.59 Å². The van der Waals surface area contributed by atoms with Crippen LogP contribution < -0.4 is 0 Å². The fourth-order valence-electron chi connectivity index (χ4n) is 3.52. The Labute approximate surface area is 140 Å². The van der Waals surface area contributed by atoms with Crippen molar-refractivity contribution < 1.29 is 9.59 Å². The lowest BCUT2D eigenvalue weighted by Gasteiger charge is -2.30. The van der Waals surface area contributed by atoms with Crippen LogP contribution >= 0.6 is 23.2 Å². The molecule has 1 amide bonds. The molecule has 5 heteroatoms. The van der Waals surface area contributed by atoms with Gasteiger partial charge in [0.05, 0.1) is 0 Å². The summed E-state index contributed by atoms with van der Waals surface area (Å²) in [7, 11) is 0. The predicted molar refractivity (Wildman–Crippen MR) is 87.2 cm³/mol. The number of benzene rings is 1. The highest BCUT2D eigenvalue weighted by atomic mass is 35.5. The molecule has 1 aliphatic carbocycles. The van der Waals surface area contributed by atoms with Gasteiger partial charge in [-0.1, -0.05) is 29.3 Å². The van der Waals surface area contributed by atoms with E-state index in [-0.39, 0.29) is 17.9 Å². The van der Waals surface area contributed by atoms with Gasteiger partial charge < -0.3 is 4.90 Å². The van der Waals surface area contributed by atoms with Gasteiger partial charge in [-0.05, 0) is 43.4 Å². The van der Waals surface area contributed by atoms with E-state index in [1.54, 1.807) is 0 Å². The molecule has 3 rings (SSSR count). The summed E-state index contributed by atoms with van der Waals surface area (Å²) < 4.78 is 0. The van der Waals surface area contributed by atoms with E-state index in [9.17, 15) is 9.59 Å². The minimum absolute atomic E-state index is 0.0463. The fourth-order valence-corrected chi connectivity index (χ4v) is 4.08. The minimum atomic E-state index is -0.0463. The smallest absolute Gasteiger partial charge is 0.226 e. The van der Waals surface area contributed by atoms with E-state index in [0.29, 0.717) is 35.1 Å². The van der Waals surface area contributed by atoms with Gasteiger partial charge in [-0.15, -0.1) is 0 Å². The molecule has 1 aliphatic heterocycles. The number of Topliss-reactive ketones (excluding diaryl/α,β-unsaturated/α-hetero) is 1. The number of carbonyl (C=O) groups is 2. The van der Waals surface area contributed by atoms with E-state index in [4.69, 9.17) is 23.2 Å². The summed E-state index contributed by atoms with van der Waals surface area (Å²) >= 11 is 12.4. The molecule has 3 nitrogen and oxygen atoms in total. The van der Waals surface area contributed by atoms with Crippen molar-refractivity contribution in [2.45, 2.75) is 44.6 Å². The summed E-state index contributed by atoms with van der Waals surface area (Å²) in [5.41, 5.74) is 0.866. The van der Waals surface area contributed by atoms with Gasteiger partial charge in [0.25, 0.3) is 0 Å². The molecule has 1 unspecified atom stereocenters. The maximum absolute atomic E-state index is 12.7. The van der Waals surface area contributed by atoms with Gasteiger partial charge in [0.1, 0.15) is 5.78 Å². The largest absolute Gasteiger partial charge is 0.339 e. The lowest BCUT2D eigenvalue weighted by atomic mass is 9.93.